The molecule has 0 aliphatic rings. The maximum atomic E-state index is 13.4. The van der Waals surface area contributed by atoms with Crippen LogP contribution in [0.4, 0.5) is 18.9 Å². The fourth-order valence-electron chi connectivity index (χ4n) is 3.33. The standard InChI is InChI=1S/C21H16Cl2F3N9O2/c1-10-6-11(22)7-13(18(36)27-2)16(10)29-19(37)15-8-12(9-34-32-20(30-33-34)21(24,25)26)31-35(15)17-14(23)4-3-5-28-17/h3-8H,9H2,1-2H3,(H,27,36)(H,29,37). The number of nitrogens with zero attached hydrogens (tertiary/aromatic N) is 7. The number of anilines is 1. The fourth-order valence-corrected chi connectivity index (χ4v) is 3.81. The fraction of sp³-hybridized carbons (Fsp3) is 0.190. The summed E-state index contributed by atoms with van der Waals surface area (Å²) >= 11 is 12.3. The van der Waals surface area contributed by atoms with Gasteiger partial charge in [0.2, 0.25) is 0 Å². The van der Waals surface area contributed by atoms with Gasteiger partial charge in [-0.15, -0.1) is 10.2 Å². The minimum atomic E-state index is -4.77. The van der Waals surface area contributed by atoms with E-state index >= 15 is 0 Å². The zero-order chi connectivity index (χ0) is 26.9. The minimum absolute atomic E-state index is 0.0797. The van der Waals surface area contributed by atoms with Crippen LogP contribution in [0.25, 0.3) is 5.82 Å². The number of hydrogen-bond acceptors (Lipinski definition) is 7. The van der Waals surface area contributed by atoms with Crippen LogP contribution in [0, 0.1) is 6.92 Å². The van der Waals surface area contributed by atoms with Gasteiger partial charge in [0, 0.05) is 18.3 Å². The van der Waals surface area contributed by atoms with Gasteiger partial charge < -0.3 is 10.6 Å². The zero-order valence-electron chi connectivity index (χ0n) is 19.0. The molecule has 11 nitrogen and oxygen atoms in total. The first-order chi connectivity index (χ1) is 17.5. The number of hydrogen-bond donors (Lipinski definition) is 2. The molecular formula is C21H16Cl2F3N9O2. The van der Waals surface area contributed by atoms with Crippen molar-refractivity contribution in [3.05, 3.63) is 74.9 Å². The first-order valence-electron chi connectivity index (χ1n) is 10.4. The highest BCUT2D eigenvalue weighted by Crippen LogP contribution is 2.28. The second-order valence-electron chi connectivity index (χ2n) is 7.56. The van der Waals surface area contributed by atoms with E-state index in [1.54, 1.807) is 19.1 Å². The van der Waals surface area contributed by atoms with Gasteiger partial charge in [0.05, 0.1) is 22.0 Å². The summed E-state index contributed by atoms with van der Waals surface area (Å²) in [7, 11) is 1.43. The number of tetrazole rings is 1. The van der Waals surface area contributed by atoms with Crippen molar-refractivity contribution >= 4 is 40.7 Å². The highest BCUT2D eigenvalue weighted by Gasteiger charge is 2.37. The van der Waals surface area contributed by atoms with E-state index in [1.165, 1.54) is 31.4 Å². The Bertz CT molecular complexity index is 1500. The predicted molar refractivity (Wildman–Crippen MR) is 126 cm³/mol. The topological polar surface area (TPSA) is 133 Å². The van der Waals surface area contributed by atoms with Crippen LogP contribution in [0.3, 0.4) is 0 Å². The summed E-state index contributed by atoms with van der Waals surface area (Å²) in [6.45, 7) is 1.31. The van der Waals surface area contributed by atoms with Crippen LogP contribution in [-0.2, 0) is 12.7 Å². The van der Waals surface area contributed by atoms with Crippen molar-refractivity contribution in [3.8, 4) is 5.82 Å². The van der Waals surface area contributed by atoms with Crippen molar-refractivity contribution in [2.75, 3.05) is 12.4 Å². The number of aromatic nitrogens is 7. The summed E-state index contributed by atoms with van der Waals surface area (Å²) in [4.78, 5) is 30.7. The third-order valence-electron chi connectivity index (χ3n) is 4.95. The van der Waals surface area contributed by atoms with Gasteiger partial charge in [0.1, 0.15) is 12.2 Å². The van der Waals surface area contributed by atoms with Crippen molar-refractivity contribution in [2.24, 2.45) is 0 Å². The number of carbonyl (C=O) groups is 2. The number of halogens is 5. The summed E-state index contributed by atoms with van der Waals surface area (Å²) < 4.78 is 39.7. The van der Waals surface area contributed by atoms with E-state index in [1.807, 2.05) is 0 Å². The number of benzene rings is 1. The number of pyridine rings is 1. The quantitative estimate of drug-likeness (QED) is 0.373. The number of aryl methyl sites for hydroxylation is 1. The Morgan fingerprint density at radius 2 is 1.86 bits per heavy atom. The van der Waals surface area contributed by atoms with Crippen molar-refractivity contribution in [2.45, 2.75) is 19.6 Å². The maximum absolute atomic E-state index is 13.4. The Hall–Kier alpha value is -4.04. The van der Waals surface area contributed by atoms with Gasteiger partial charge in [-0.25, -0.2) is 9.67 Å². The van der Waals surface area contributed by atoms with Gasteiger partial charge in [0.15, 0.2) is 5.82 Å². The Balaban J connectivity index is 1.75. The van der Waals surface area contributed by atoms with E-state index < -0.39 is 23.8 Å². The summed E-state index contributed by atoms with van der Waals surface area (Å²) in [6, 6.07) is 7.36. The maximum Gasteiger partial charge on any atom is 0.455 e. The summed E-state index contributed by atoms with van der Waals surface area (Å²) in [5.74, 6) is -2.53. The average molecular weight is 554 g/mol. The normalized spacial score (nSPS) is 11.4. The van der Waals surface area contributed by atoms with E-state index in [-0.39, 0.29) is 40.0 Å². The van der Waals surface area contributed by atoms with Crippen LogP contribution in [0.5, 0.6) is 0 Å². The van der Waals surface area contributed by atoms with Gasteiger partial charge in [-0.05, 0) is 48.0 Å². The molecule has 0 radical (unpaired) electrons. The highest BCUT2D eigenvalue weighted by atomic mass is 35.5. The molecule has 0 atom stereocenters. The lowest BCUT2D eigenvalue weighted by atomic mass is 10.1. The number of nitrogens with one attached hydrogen (secondary N) is 2. The Morgan fingerprint density at radius 3 is 2.51 bits per heavy atom. The smallest absolute Gasteiger partial charge is 0.355 e. The summed E-state index contributed by atoms with van der Waals surface area (Å²) in [5.41, 5.74) is 0.854. The molecule has 16 heteroatoms. The van der Waals surface area contributed by atoms with Crippen LogP contribution in [0.1, 0.15) is 37.9 Å². The Kier molecular flexibility index (Phi) is 7.14. The molecular weight excluding hydrogens is 538 g/mol. The molecule has 2 amide bonds. The van der Waals surface area contributed by atoms with Gasteiger partial charge in [0.25, 0.3) is 17.6 Å². The SMILES string of the molecule is CNC(=O)c1cc(Cl)cc(C)c1NC(=O)c1cc(Cn2nnc(C(F)(F)F)n2)nn1-c1ncccc1Cl. The third kappa shape index (κ3) is 5.54. The molecule has 1 aromatic carbocycles. The molecule has 0 aliphatic heterocycles. The van der Waals surface area contributed by atoms with Crippen LogP contribution in [0.2, 0.25) is 10.0 Å². The molecule has 0 bridgehead atoms. The van der Waals surface area contributed by atoms with E-state index in [0.717, 1.165) is 4.68 Å². The molecule has 2 N–H and O–H groups in total. The molecule has 3 aromatic heterocycles. The lowest BCUT2D eigenvalue weighted by Gasteiger charge is -2.14. The number of carbonyl (C=O) groups excluding carboxylic acids is 2. The molecule has 0 unspecified atom stereocenters. The number of amides is 2. The molecule has 0 saturated heterocycles. The van der Waals surface area contributed by atoms with Crippen molar-refractivity contribution in [1.29, 1.82) is 0 Å². The molecule has 0 spiro atoms. The second kappa shape index (κ2) is 10.1. The van der Waals surface area contributed by atoms with Crippen molar-refractivity contribution in [1.82, 2.24) is 40.3 Å². The second-order valence-corrected chi connectivity index (χ2v) is 8.40. The molecule has 0 aliphatic carbocycles. The largest absolute Gasteiger partial charge is 0.455 e. The zero-order valence-corrected chi connectivity index (χ0v) is 20.5. The molecule has 4 aromatic rings. The minimum Gasteiger partial charge on any atom is -0.355 e. The molecule has 3 heterocycles. The van der Waals surface area contributed by atoms with Gasteiger partial charge in [-0.3, -0.25) is 9.59 Å². The number of alkyl halides is 3. The van der Waals surface area contributed by atoms with Crippen molar-refractivity contribution < 1.29 is 22.8 Å². The molecule has 4 rings (SSSR count). The lowest BCUT2D eigenvalue weighted by Crippen LogP contribution is -2.23. The van der Waals surface area contributed by atoms with E-state index in [0.29, 0.717) is 15.4 Å². The Morgan fingerprint density at radius 1 is 1.11 bits per heavy atom. The van der Waals surface area contributed by atoms with Crippen LogP contribution in [-0.4, -0.2) is 53.8 Å². The average Bonchev–Trinajstić information content (AvgIpc) is 3.48. The monoisotopic (exact) mass is 553 g/mol. The first kappa shape index (κ1) is 26.0. The molecule has 192 valence electrons. The predicted octanol–water partition coefficient (Wildman–Crippen LogP) is 3.55. The number of rotatable bonds is 6. The van der Waals surface area contributed by atoms with E-state index in [4.69, 9.17) is 23.2 Å². The van der Waals surface area contributed by atoms with Crippen LogP contribution in [0.15, 0.2) is 36.5 Å². The van der Waals surface area contributed by atoms with E-state index in [9.17, 15) is 22.8 Å². The van der Waals surface area contributed by atoms with Gasteiger partial charge in [-0.1, -0.05) is 23.2 Å². The summed E-state index contributed by atoms with van der Waals surface area (Å²) in [5, 5.41) is 19.6. The summed E-state index contributed by atoms with van der Waals surface area (Å²) in [6.07, 6.45) is -3.35. The Labute approximate surface area is 216 Å². The van der Waals surface area contributed by atoms with E-state index in [2.05, 4.69) is 36.1 Å². The van der Waals surface area contributed by atoms with Gasteiger partial charge >= 0.3 is 6.18 Å². The van der Waals surface area contributed by atoms with Crippen molar-refractivity contribution in [3.63, 3.8) is 0 Å². The molecule has 0 fully saturated rings. The third-order valence-corrected chi connectivity index (χ3v) is 5.47. The van der Waals surface area contributed by atoms with Crippen LogP contribution >= 0.6 is 23.2 Å². The first-order valence-corrected chi connectivity index (χ1v) is 11.1. The lowest BCUT2D eigenvalue weighted by molar-refractivity contribution is -0.145. The molecule has 0 saturated carbocycles. The van der Waals surface area contributed by atoms with Crippen LogP contribution < -0.4 is 10.6 Å². The van der Waals surface area contributed by atoms with Gasteiger partial charge in [-0.2, -0.15) is 23.1 Å². The molecule has 37 heavy (non-hydrogen) atoms. The highest BCUT2D eigenvalue weighted by molar-refractivity contribution is 6.32.